The number of hydrogen-bond donors (Lipinski definition) is 3. The Hall–Kier alpha value is -4.20. The third kappa shape index (κ3) is 8.95. The van der Waals surface area contributed by atoms with E-state index in [-0.39, 0.29) is 25.4 Å². The topological polar surface area (TPSA) is 107 Å². The molecule has 0 saturated heterocycles. The van der Waals surface area contributed by atoms with Crippen LogP contribution in [0, 0.1) is 17.7 Å². The van der Waals surface area contributed by atoms with E-state index in [4.69, 9.17) is 0 Å². The van der Waals surface area contributed by atoms with Gasteiger partial charge in [0.05, 0.1) is 5.92 Å². The fourth-order valence-corrected chi connectivity index (χ4v) is 4.52. The summed E-state index contributed by atoms with van der Waals surface area (Å²) in [5.41, 5.74) is 2.91. The van der Waals surface area contributed by atoms with E-state index in [1.54, 1.807) is 6.07 Å². The lowest BCUT2D eigenvalue weighted by Crippen LogP contribution is -2.51. The van der Waals surface area contributed by atoms with Crippen LogP contribution in [0.25, 0.3) is 11.1 Å². The van der Waals surface area contributed by atoms with Crippen molar-refractivity contribution in [2.45, 2.75) is 39.2 Å². The van der Waals surface area contributed by atoms with Crippen molar-refractivity contribution in [2.24, 2.45) is 11.8 Å². The Morgan fingerprint density at radius 3 is 2.10 bits per heavy atom. The molecular formula is C31H35FN2O5. The van der Waals surface area contributed by atoms with Crippen LogP contribution in [0.1, 0.15) is 31.4 Å². The Labute approximate surface area is 228 Å². The van der Waals surface area contributed by atoms with Gasteiger partial charge in [-0.2, -0.15) is 0 Å². The maximum absolute atomic E-state index is 14.2. The number of benzene rings is 3. The number of aryl methyl sites for hydroxylation is 1. The Morgan fingerprint density at radius 2 is 1.51 bits per heavy atom. The molecule has 7 nitrogen and oxygen atoms in total. The van der Waals surface area contributed by atoms with Crippen molar-refractivity contribution in [1.29, 1.82) is 0 Å². The third-order valence-electron chi connectivity index (χ3n) is 6.46. The minimum Gasteiger partial charge on any atom is -0.481 e. The Balaban J connectivity index is 1.78. The molecule has 3 rings (SSSR count). The van der Waals surface area contributed by atoms with Gasteiger partial charge in [0.2, 0.25) is 0 Å². The summed E-state index contributed by atoms with van der Waals surface area (Å²) in [6.07, 6.45) is 0.719. The van der Waals surface area contributed by atoms with Crippen LogP contribution >= 0.6 is 0 Å². The maximum Gasteiger partial charge on any atom is 0.326 e. The van der Waals surface area contributed by atoms with Gasteiger partial charge in [-0.05, 0) is 53.1 Å². The zero-order valence-corrected chi connectivity index (χ0v) is 22.2. The van der Waals surface area contributed by atoms with Crippen molar-refractivity contribution in [3.63, 3.8) is 0 Å². The van der Waals surface area contributed by atoms with Crippen LogP contribution < -0.4 is 5.32 Å². The molecule has 0 unspecified atom stereocenters. The first kappa shape index (κ1) is 29.4. The second-order valence-electron chi connectivity index (χ2n) is 10.1. The fraction of sp³-hybridized carbons (Fsp3) is 0.323. The van der Waals surface area contributed by atoms with Crippen molar-refractivity contribution in [2.75, 3.05) is 13.1 Å². The van der Waals surface area contributed by atoms with Gasteiger partial charge in [0.1, 0.15) is 11.9 Å². The lowest BCUT2D eigenvalue weighted by Gasteiger charge is -2.29. The van der Waals surface area contributed by atoms with Crippen molar-refractivity contribution < 1.29 is 29.0 Å². The van der Waals surface area contributed by atoms with E-state index in [0.29, 0.717) is 24.0 Å². The smallest absolute Gasteiger partial charge is 0.326 e. The van der Waals surface area contributed by atoms with Crippen molar-refractivity contribution in [3.8, 4) is 11.1 Å². The number of carbonyl (C=O) groups excluding carboxylic acids is 1. The van der Waals surface area contributed by atoms with Crippen LogP contribution in [0.3, 0.4) is 0 Å². The minimum absolute atomic E-state index is 0.0236. The molecular weight excluding hydrogens is 499 g/mol. The standard InChI is InChI=1S/C31H35FN2O5/c1-21(2)19-34(20-24(29(35)36)14-13-22-9-5-3-6-10-22)31(39)33-28(30(37)38)18-25-17-26(32)15-16-27(25)23-11-7-4-8-12-23/h3-12,15-17,21,24,28H,13-14,18-20H2,1-2H3,(H,33,39)(H,35,36)(H,37,38)/t24-,28-/m0/s1. The number of aliphatic carboxylic acids is 2. The molecule has 0 radical (unpaired) electrons. The van der Waals surface area contributed by atoms with E-state index in [1.807, 2.05) is 74.5 Å². The van der Waals surface area contributed by atoms with Crippen LogP contribution in [-0.4, -0.2) is 52.2 Å². The number of carboxylic acids is 2. The van der Waals surface area contributed by atoms with Crippen molar-refractivity contribution in [3.05, 3.63) is 95.8 Å². The largest absolute Gasteiger partial charge is 0.481 e. The van der Waals surface area contributed by atoms with E-state index in [1.165, 1.54) is 17.0 Å². The molecule has 0 fully saturated rings. The number of hydrogen-bond acceptors (Lipinski definition) is 3. The fourth-order valence-electron chi connectivity index (χ4n) is 4.52. The number of urea groups is 1. The first-order chi connectivity index (χ1) is 18.6. The predicted molar refractivity (Wildman–Crippen MR) is 148 cm³/mol. The number of halogens is 1. The molecule has 0 saturated carbocycles. The second kappa shape index (κ2) is 14.1. The third-order valence-corrected chi connectivity index (χ3v) is 6.46. The molecule has 2 atom stereocenters. The highest BCUT2D eigenvalue weighted by molar-refractivity contribution is 5.83. The quantitative estimate of drug-likeness (QED) is 0.269. The molecule has 3 aromatic carbocycles. The summed E-state index contributed by atoms with van der Waals surface area (Å²) in [7, 11) is 0. The van der Waals surface area contributed by atoms with Gasteiger partial charge in [-0.1, -0.05) is 80.6 Å². The predicted octanol–water partition coefficient (Wildman–Crippen LogP) is 5.49. The van der Waals surface area contributed by atoms with E-state index in [2.05, 4.69) is 5.32 Å². The summed E-state index contributed by atoms with van der Waals surface area (Å²) in [6, 6.07) is 20.9. The molecule has 206 valence electrons. The lowest BCUT2D eigenvalue weighted by atomic mass is 9.95. The van der Waals surface area contributed by atoms with E-state index < -0.39 is 35.7 Å². The summed E-state index contributed by atoms with van der Waals surface area (Å²) in [5.74, 6) is -3.60. The summed E-state index contributed by atoms with van der Waals surface area (Å²) < 4.78 is 14.2. The van der Waals surface area contributed by atoms with Gasteiger partial charge < -0.3 is 20.4 Å². The maximum atomic E-state index is 14.2. The average Bonchev–Trinajstić information content (AvgIpc) is 2.90. The Morgan fingerprint density at radius 1 is 0.872 bits per heavy atom. The highest BCUT2D eigenvalue weighted by atomic mass is 19.1. The molecule has 0 aromatic heterocycles. The Bertz CT molecular complexity index is 1250. The molecule has 3 N–H and O–H groups in total. The second-order valence-corrected chi connectivity index (χ2v) is 10.1. The zero-order chi connectivity index (χ0) is 28.4. The number of nitrogens with zero attached hydrogens (tertiary/aromatic N) is 1. The van der Waals surface area contributed by atoms with Crippen LogP contribution in [-0.2, 0) is 22.4 Å². The molecule has 0 aliphatic heterocycles. The number of carboxylic acid groups (broad SMARTS) is 2. The van der Waals surface area contributed by atoms with E-state index in [0.717, 1.165) is 11.1 Å². The molecule has 0 spiro atoms. The first-order valence-electron chi connectivity index (χ1n) is 13.0. The van der Waals surface area contributed by atoms with Gasteiger partial charge in [-0.3, -0.25) is 4.79 Å². The van der Waals surface area contributed by atoms with Gasteiger partial charge in [-0.25, -0.2) is 14.0 Å². The molecule has 0 bridgehead atoms. The molecule has 39 heavy (non-hydrogen) atoms. The number of rotatable bonds is 13. The molecule has 8 heteroatoms. The average molecular weight is 535 g/mol. The van der Waals surface area contributed by atoms with Gasteiger partial charge >= 0.3 is 18.0 Å². The highest BCUT2D eigenvalue weighted by Crippen LogP contribution is 2.26. The number of amides is 2. The van der Waals surface area contributed by atoms with Crippen LogP contribution in [0.5, 0.6) is 0 Å². The lowest BCUT2D eigenvalue weighted by molar-refractivity contribution is -0.142. The first-order valence-corrected chi connectivity index (χ1v) is 13.0. The van der Waals surface area contributed by atoms with Crippen LogP contribution in [0.15, 0.2) is 78.9 Å². The molecule has 2 amide bonds. The highest BCUT2D eigenvalue weighted by Gasteiger charge is 2.29. The van der Waals surface area contributed by atoms with E-state index in [9.17, 15) is 29.0 Å². The molecule has 0 aliphatic carbocycles. The SMILES string of the molecule is CC(C)CN(C[C@H](CCc1ccccc1)C(=O)O)C(=O)N[C@@H](Cc1cc(F)ccc1-c1ccccc1)C(=O)O. The normalized spacial score (nSPS) is 12.5. The van der Waals surface area contributed by atoms with Crippen LogP contribution in [0.2, 0.25) is 0 Å². The zero-order valence-electron chi connectivity index (χ0n) is 22.2. The van der Waals surface area contributed by atoms with Crippen molar-refractivity contribution >= 4 is 18.0 Å². The summed E-state index contributed by atoms with van der Waals surface area (Å²) in [4.78, 5) is 38.9. The summed E-state index contributed by atoms with van der Waals surface area (Å²) in [6.45, 7) is 3.98. The van der Waals surface area contributed by atoms with Crippen molar-refractivity contribution in [1.82, 2.24) is 10.2 Å². The number of nitrogens with one attached hydrogen (secondary N) is 1. The molecule has 3 aromatic rings. The van der Waals surface area contributed by atoms with Gasteiger partial charge in [0, 0.05) is 19.5 Å². The van der Waals surface area contributed by atoms with Crippen LogP contribution in [0.4, 0.5) is 9.18 Å². The van der Waals surface area contributed by atoms with Gasteiger partial charge in [-0.15, -0.1) is 0 Å². The minimum atomic E-state index is -1.34. The molecule has 0 aliphatic rings. The van der Waals surface area contributed by atoms with E-state index >= 15 is 0 Å². The van der Waals surface area contributed by atoms with Gasteiger partial charge in [0.25, 0.3) is 0 Å². The monoisotopic (exact) mass is 534 g/mol. The summed E-state index contributed by atoms with van der Waals surface area (Å²) in [5, 5.41) is 22.4. The number of carbonyl (C=O) groups is 3. The Kier molecular flexibility index (Phi) is 10.6. The molecule has 0 heterocycles. The summed E-state index contributed by atoms with van der Waals surface area (Å²) >= 11 is 0. The van der Waals surface area contributed by atoms with Gasteiger partial charge in [0.15, 0.2) is 0 Å².